The highest BCUT2D eigenvalue weighted by Crippen LogP contribution is 2.42. The molecule has 5 aromatic rings. The molecule has 4 aromatic carbocycles. The van der Waals surface area contributed by atoms with Crippen LogP contribution in [0.4, 0.5) is 0 Å². The summed E-state index contributed by atoms with van der Waals surface area (Å²) >= 11 is 12.8. The predicted octanol–water partition coefficient (Wildman–Crippen LogP) is 7.76. The van der Waals surface area contributed by atoms with E-state index in [4.69, 9.17) is 21.3 Å². The van der Waals surface area contributed by atoms with Crippen molar-refractivity contribution < 1.29 is 4.74 Å². The Morgan fingerprint density at radius 2 is 1.67 bits per heavy atom. The van der Waals surface area contributed by atoms with E-state index in [1.165, 1.54) is 16.9 Å². The van der Waals surface area contributed by atoms with Crippen molar-refractivity contribution in [3.05, 3.63) is 156 Å². The van der Waals surface area contributed by atoms with Crippen molar-refractivity contribution in [2.45, 2.75) is 25.5 Å². The molecular weight excluding hydrogens is 790 g/mol. The van der Waals surface area contributed by atoms with Crippen LogP contribution in [0.2, 0.25) is 5.02 Å². The van der Waals surface area contributed by atoms with E-state index in [0.29, 0.717) is 21.0 Å². The summed E-state index contributed by atoms with van der Waals surface area (Å²) in [6, 6.07) is 30.2. The van der Waals surface area contributed by atoms with Gasteiger partial charge >= 0.3 is 0 Å². The van der Waals surface area contributed by atoms with Crippen molar-refractivity contribution in [3.63, 3.8) is 0 Å². The van der Waals surface area contributed by atoms with E-state index in [-0.39, 0.29) is 11.6 Å². The van der Waals surface area contributed by atoms with Crippen LogP contribution >= 0.6 is 68.1 Å². The van der Waals surface area contributed by atoms with E-state index < -0.39 is 0 Å². The molecule has 42 heavy (non-hydrogen) atoms. The summed E-state index contributed by atoms with van der Waals surface area (Å²) in [7, 11) is 0. The number of hydrogen-bond donors (Lipinski definition) is 0. The molecular formula is C34H23ClI2N2O2S. The molecule has 1 atom stereocenters. The minimum Gasteiger partial charge on any atom is -0.487 e. The summed E-state index contributed by atoms with van der Waals surface area (Å²) in [5.74, 6) is 0.851. The molecule has 2 heterocycles. The van der Waals surface area contributed by atoms with Gasteiger partial charge in [0.2, 0.25) is 0 Å². The molecule has 0 unspecified atom stereocenters. The Morgan fingerprint density at radius 1 is 0.952 bits per heavy atom. The highest BCUT2D eigenvalue weighted by molar-refractivity contribution is 14.1. The third kappa shape index (κ3) is 5.18. The maximum Gasteiger partial charge on any atom is 0.271 e. The highest BCUT2D eigenvalue weighted by Gasteiger charge is 2.33. The lowest BCUT2D eigenvalue weighted by molar-refractivity contribution is 0.302. The first-order chi connectivity index (χ1) is 20.5. The number of halogens is 3. The van der Waals surface area contributed by atoms with Gasteiger partial charge in [-0.3, -0.25) is 9.36 Å². The average molecular weight is 813 g/mol. The van der Waals surface area contributed by atoms with E-state index >= 15 is 0 Å². The van der Waals surface area contributed by atoms with Gasteiger partial charge in [-0.15, -0.1) is 0 Å². The third-order valence-electron chi connectivity index (χ3n) is 7.62. The number of benzene rings is 4. The van der Waals surface area contributed by atoms with Gasteiger partial charge in [-0.2, -0.15) is 0 Å². The Morgan fingerprint density at radius 3 is 2.45 bits per heavy atom. The second-order valence-corrected chi connectivity index (χ2v) is 14.0. The first-order valence-corrected chi connectivity index (χ1v) is 16.9. The molecule has 0 N–H and O–H groups in total. The number of allylic oxidation sites excluding steroid dienone is 1. The van der Waals surface area contributed by atoms with Gasteiger partial charge in [0.05, 0.1) is 23.4 Å². The van der Waals surface area contributed by atoms with Gasteiger partial charge in [0, 0.05) is 10.6 Å². The van der Waals surface area contributed by atoms with Crippen LogP contribution in [0.25, 0.3) is 11.8 Å². The SMILES string of the molecule is O=c1/c(=C\c2cc(I)c(OCc3ccccc3)c(I)c2)sc2n1[C@H](c1ccccc1Cl)C1=C(N=2)c2ccccc2CC1. The number of ether oxygens (including phenoxy) is 1. The van der Waals surface area contributed by atoms with Crippen LogP contribution in [0.1, 0.15) is 40.3 Å². The molecule has 0 saturated heterocycles. The van der Waals surface area contributed by atoms with Crippen molar-refractivity contribution in [3.8, 4) is 5.75 Å². The summed E-state index contributed by atoms with van der Waals surface area (Å²) in [5, 5.41) is 0.653. The number of aryl methyl sites for hydroxylation is 1. The molecule has 1 aromatic heterocycles. The fraction of sp³-hybridized carbons (Fsp3) is 0.118. The Bertz CT molecular complexity index is 2040. The summed E-state index contributed by atoms with van der Waals surface area (Å²) in [6.45, 7) is 0.501. The van der Waals surface area contributed by atoms with Gasteiger partial charge in [0.25, 0.3) is 5.56 Å². The Balaban J connectivity index is 1.34. The zero-order valence-electron chi connectivity index (χ0n) is 22.2. The monoisotopic (exact) mass is 812 g/mol. The molecule has 8 heteroatoms. The third-order valence-corrected chi connectivity index (χ3v) is 10.5. The number of thiazole rings is 1. The summed E-state index contributed by atoms with van der Waals surface area (Å²) in [6.07, 6.45) is 3.71. The molecule has 0 radical (unpaired) electrons. The Hall–Kier alpha value is -2.73. The lowest BCUT2D eigenvalue weighted by atomic mass is 9.83. The van der Waals surface area contributed by atoms with Crippen molar-refractivity contribution in [2.24, 2.45) is 4.99 Å². The fourth-order valence-corrected chi connectivity index (χ4v) is 9.05. The van der Waals surface area contributed by atoms with Crippen molar-refractivity contribution in [2.75, 3.05) is 0 Å². The van der Waals surface area contributed by atoms with Gasteiger partial charge in [0.15, 0.2) is 4.80 Å². The normalized spacial score (nSPS) is 16.0. The van der Waals surface area contributed by atoms with Crippen LogP contribution in [0, 0.1) is 7.14 Å². The van der Waals surface area contributed by atoms with E-state index in [9.17, 15) is 4.79 Å². The molecule has 2 aliphatic rings. The molecule has 0 amide bonds. The molecule has 0 bridgehead atoms. The minimum absolute atomic E-state index is 0.0523. The van der Waals surface area contributed by atoms with E-state index in [2.05, 4.69) is 93.7 Å². The molecule has 1 aliphatic carbocycles. The minimum atomic E-state index is -0.297. The summed E-state index contributed by atoms with van der Waals surface area (Å²) in [5.41, 5.74) is 7.49. The smallest absolute Gasteiger partial charge is 0.271 e. The molecule has 1 aliphatic heterocycles. The molecule has 0 spiro atoms. The zero-order valence-corrected chi connectivity index (χ0v) is 28.1. The maximum absolute atomic E-state index is 14.1. The van der Waals surface area contributed by atoms with Gasteiger partial charge < -0.3 is 4.74 Å². The van der Waals surface area contributed by atoms with Gasteiger partial charge in [0.1, 0.15) is 12.4 Å². The first kappa shape index (κ1) is 28.1. The Labute approximate surface area is 279 Å². The largest absolute Gasteiger partial charge is 0.487 e. The van der Waals surface area contributed by atoms with Gasteiger partial charge in [-0.05, 0) is 110 Å². The number of fused-ring (bicyclic) bond motifs is 3. The van der Waals surface area contributed by atoms with Crippen LogP contribution < -0.4 is 19.6 Å². The second-order valence-electron chi connectivity index (χ2n) is 10.2. The molecule has 4 nitrogen and oxygen atoms in total. The van der Waals surface area contributed by atoms with Crippen LogP contribution in [0.3, 0.4) is 0 Å². The molecule has 0 saturated carbocycles. The van der Waals surface area contributed by atoms with E-state index in [0.717, 1.165) is 59.3 Å². The fourth-order valence-electron chi connectivity index (χ4n) is 5.68. The van der Waals surface area contributed by atoms with Crippen molar-refractivity contribution in [1.82, 2.24) is 4.57 Å². The van der Waals surface area contributed by atoms with Gasteiger partial charge in [-0.1, -0.05) is 95.7 Å². The molecule has 208 valence electrons. The second kappa shape index (κ2) is 11.7. The average Bonchev–Trinajstić information content (AvgIpc) is 3.30. The Kier molecular flexibility index (Phi) is 7.85. The molecule has 0 fully saturated rings. The van der Waals surface area contributed by atoms with Crippen LogP contribution in [0.15, 0.2) is 106 Å². The predicted molar refractivity (Wildman–Crippen MR) is 187 cm³/mol. The summed E-state index contributed by atoms with van der Waals surface area (Å²) < 4.78 is 10.7. The maximum atomic E-state index is 14.1. The van der Waals surface area contributed by atoms with Crippen LogP contribution in [-0.2, 0) is 13.0 Å². The molecule has 7 rings (SSSR count). The van der Waals surface area contributed by atoms with E-state index in [1.54, 1.807) is 0 Å². The summed E-state index contributed by atoms with van der Waals surface area (Å²) in [4.78, 5) is 19.9. The van der Waals surface area contributed by atoms with Crippen molar-refractivity contribution in [1.29, 1.82) is 0 Å². The number of aromatic nitrogens is 1. The number of rotatable bonds is 5. The lowest BCUT2D eigenvalue weighted by Crippen LogP contribution is -2.38. The lowest BCUT2D eigenvalue weighted by Gasteiger charge is -2.31. The highest BCUT2D eigenvalue weighted by atomic mass is 127. The van der Waals surface area contributed by atoms with E-state index in [1.807, 2.05) is 53.1 Å². The van der Waals surface area contributed by atoms with Crippen LogP contribution in [-0.4, -0.2) is 4.57 Å². The number of hydrogen-bond acceptors (Lipinski definition) is 4. The number of nitrogens with zero attached hydrogens (tertiary/aromatic N) is 2. The van der Waals surface area contributed by atoms with Gasteiger partial charge in [-0.25, -0.2) is 4.99 Å². The first-order valence-electron chi connectivity index (χ1n) is 13.5. The van der Waals surface area contributed by atoms with Crippen LogP contribution in [0.5, 0.6) is 5.75 Å². The zero-order chi connectivity index (χ0) is 28.8. The standard InChI is InChI=1S/C34H23ClI2N2O2S/c35-26-13-7-6-12-24(26)31-25-15-14-22-10-4-5-11-23(22)30(25)38-34-39(31)33(40)29(42-34)18-21-16-27(36)32(28(37)17-21)41-19-20-8-2-1-3-9-20/h1-13,16-18,31H,14-15,19H2/b29-18+/t31-/m1/s1. The van der Waals surface area contributed by atoms with Crippen molar-refractivity contribution >= 4 is 79.9 Å². The topological polar surface area (TPSA) is 43.6 Å². The quantitative estimate of drug-likeness (QED) is 0.171.